The summed E-state index contributed by atoms with van der Waals surface area (Å²) in [5.41, 5.74) is 9.92. The third-order valence-corrected chi connectivity index (χ3v) is 12.8. The van der Waals surface area contributed by atoms with E-state index >= 15 is 0 Å². The number of benzene rings is 2. The molecule has 57 heavy (non-hydrogen) atoms. The first-order chi connectivity index (χ1) is 27.6. The maximum absolute atomic E-state index is 13.4. The Morgan fingerprint density at radius 2 is 1.54 bits per heavy atom. The van der Waals surface area contributed by atoms with Crippen molar-refractivity contribution in [3.05, 3.63) is 77.8 Å². The van der Waals surface area contributed by atoms with Gasteiger partial charge in [0.25, 0.3) is 17.7 Å². The Morgan fingerprint density at radius 3 is 2.26 bits per heavy atom. The Hall–Kier alpha value is -5.99. The van der Waals surface area contributed by atoms with Crippen LogP contribution >= 0.6 is 0 Å². The predicted octanol–water partition coefficient (Wildman–Crippen LogP) is 3.65. The van der Waals surface area contributed by atoms with E-state index < -0.39 is 23.8 Å². The number of hydrogen-bond donors (Lipinski definition) is 3. The van der Waals surface area contributed by atoms with Gasteiger partial charge in [0.2, 0.25) is 11.8 Å². The summed E-state index contributed by atoms with van der Waals surface area (Å²) in [7, 11) is 0. The van der Waals surface area contributed by atoms with Crippen LogP contribution in [0.2, 0.25) is 0 Å². The van der Waals surface area contributed by atoms with Gasteiger partial charge in [-0.3, -0.25) is 28.9 Å². The lowest BCUT2D eigenvalue weighted by Crippen LogP contribution is -2.52. The van der Waals surface area contributed by atoms with Gasteiger partial charge in [-0.2, -0.15) is 0 Å². The van der Waals surface area contributed by atoms with Crippen LogP contribution in [0.3, 0.4) is 0 Å². The maximum Gasteiger partial charge on any atom is 0.271 e. The van der Waals surface area contributed by atoms with Gasteiger partial charge in [-0.1, -0.05) is 6.58 Å². The molecule has 0 bridgehead atoms. The maximum atomic E-state index is 13.4. The van der Waals surface area contributed by atoms with Crippen LogP contribution in [-0.2, 0) is 9.59 Å². The molecule has 0 spiro atoms. The molecule has 0 radical (unpaired) electrons. The molecule has 1 unspecified atom stereocenters. The van der Waals surface area contributed by atoms with Crippen molar-refractivity contribution in [2.24, 2.45) is 17.6 Å². The molecule has 5 amide bonds. The first kappa shape index (κ1) is 36.6. The second kappa shape index (κ2) is 14.8. The number of aromatic nitrogens is 2. The van der Waals surface area contributed by atoms with Crippen LogP contribution in [-0.4, -0.2) is 107 Å². The van der Waals surface area contributed by atoms with Gasteiger partial charge >= 0.3 is 0 Å². The van der Waals surface area contributed by atoms with Crippen LogP contribution in [0.4, 0.5) is 28.7 Å². The summed E-state index contributed by atoms with van der Waals surface area (Å²) in [5, 5.41) is 5.97. The standard InChI is InChI=1S/C42H48N10O5/c1-25-6-13-34(40(55)45-25)52-41(56)32-12-11-30(20-33(32)42(52)57)48-18-14-26(15-19-48)27-22-50(23-27)29-9-7-28(8-10-29)46-39-37(38(43)54)44-21-35(47-39)49-16-2-4-31(24-49)51-17-3-5-36(51)53/h7-12,20-21,26-27,31,34H,1-6,13-19,22-24H2,(H2,43,54)(H,45,55)(H,46,47)/t31-,34?/m1/s1. The van der Waals surface area contributed by atoms with Crippen molar-refractivity contribution in [3.63, 3.8) is 0 Å². The van der Waals surface area contributed by atoms with Crippen LogP contribution in [0, 0.1) is 11.8 Å². The minimum absolute atomic E-state index is 0.0754. The van der Waals surface area contributed by atoms with Crippen molar-refractivity contribution in [2.75, 3.05) is 65.8 Å². The third kappa shape index (κ3) is 6.93. The molecule has 0 aliphatic carbocycles. The highest BCUT2D eigenvalue weighted by atomic mass is 16.2. The molecule has 3 aromatic rings. The number of carbonyl (C=O) groups excluding carboxylic acids is 5. The van der Waals surface area contributed by atoms with E-state index in [2.05, 4.69) is 49.0 Å². The van der Waals surface area contributed by atoms with Gasteiger partial charge < -0.3 is 36.0 Å². The Bertz CT molecular complexity index is 2140. The fraction of sp³-hybridized carbons (Fsp3) is 0.452. The summed E-state index contributed by atoms with van der Waals surface area (Å²) in [6, 6.07) is 12.9. The summed E-state index contributed by atoms with van der Waals surface area (Å²) in [5.74, 6) is 0.523. The number of hydrogen-bond acceptors (Lipinski definition) is 11. The second-order valence-electron chi connectivity index (χ2n) is 16.2. The number of amides is 5. The monoisotopic (exact) mass is 772 g/mol. The van der Waals surface area contributed by atoms with Crippen LogP contribution in [0.25, 0.3) is 0 Å². The summed E-state index contributed by atoms with van der Waals surface area (Å²) in [4.78, 5) is 83.1. The minimum atomic E-state index is -0.818. The Balaban J connectivity index is 0.782. The molecular formula is C42H48N10O5. The van der Waals surface area contributed by atoms with Crippen molar-refractivity contribution in [2.45, 2.75) is 63.5 Å². The third-order valence-electron chi connectivity index (χ3n) is 12.8. The van der Waals surface area contributed by atoms with Gasteiger partial charge in [0.1, 0.15) is 11.9 Å². The number of nitrogens with zero attached hydrogens (tertiary/aromatic N) is 7. The second-order valence-corrected chi connectivity index (χ2v) is 16.2. The minimum Gasteiger partial charge on any atom is -0.371 e. The zero-order valence-corrected chi connectivity index (χ0v) is 32.0. The van der Waals surface area contributed by atoms with Gasteiger partial charge in [0.15, 0.2) is 11.5 Å². The molecule has 1 aromatic heterocycles. The molecule has 7 heterocycles. The number of imide groups is 1. The quantitative estimate of drug-likeness (QED) is 0.271. The van der Waals surface area contributed by atoms with Crippen molar-refractivity contribution in [3.8, 4) is 0 Å². The molecule has 9 rings (SSSR count). The number of fused-ring (bicyclic) bond motifs is 1. The summed E-state index contributed by atoms with van der Waals surface area (Å²) < 4.78 is 0. The van der Waals surface area contributed by atoms with E-state index in [0.717, 1.165) is 93.3 Å². The van der Waals surface area contributed by atoms with E-state index in [1.807, 2.05) is 29.2 Å². The number of carbonyl (C=O) groups is 5. The van der Waals surface area contributed by atoms with Gasteiger partial charge in [0, 0.05) is 81.0 Å². The molecule has 2 atom stereocenters. The van der Waals surface area contributed by atoms with E-state index in [0.29, 0.717) is 66.1 Å². The van der Waals surface area contributed by atoms with Gasteiger partial charge in [-0.15, -0.1) is 0 Å². The van der Waals surface area contributed by atoms with E-state index in [-0.39, 0.29) is 23.6 Å². The van der Waals surface area contributed by atoms with Crippen LogP contribution in [0.15, 0.2) is 60.9 Å². The lowest BCUT2D eigenvalue weighted by Gasteiger charge is -2.47. The number of nitrogens with two attached hydrogens (primary N) is 1. The molecule has 6 aliphatic heterocycles. The summed E-state index contributed by atoms with van der Waals surface area (Å²) in [6.45, 7) is 9.77. The Kier molecular flexibility index (Phi) is 9.53. The number of nitrogens with one attached hydrogen (secondary N) is 2. The highest BCUT2D eigenvalue weighted by Crippen LogP contribution is 2.38. The Labute approximate surface area is 331 Å². The fourth-order valence-corrected chi connectivity index (χ4v) is 9.55. The van der Waals surface area contributed by atoms with Crippen LogP contribution in [0.1, 0.15) is 82.6 Å². The molecule has 15 heteroatoms. The van der Waals surface area contributed by atoms with Crippen molar-refractivity contribution < 1.29 is 24.0 Å². The van der Waals surface area contributed by atoms with E-state index in [4.69, 9.17) is 10.7 Å². The average Bonchev–Trinajstić information content (AvgIpc) is 3.74. The number of primary amides is 1. The molecule has 0 saturated carbocycles. The topological polar surface area (TPSA) is 177 Å². The van der Waals surface area contributed by atoms with E-state index in [1.165, 1.54) is 0 Å². The molecule has 296 valence electrons. The average molecular weight is 773 g/mol. The van der Waals surface area contributed by atoms with E-state index in [9.17, 15) is 24.0 Å². The zero-order valence-electron chi connectivity index (χ0n) is 32.0. The summed E-state index contributed by atoms with van der Waals surface area (Å²) >= 11 is 0. The van der Waals surface area contributed by atoms with Gasteiger partial charge in [0.05, 0.1) is 17.3 Å². The number of anilines is 5. The van der Waals surface area contributed by atoms with E-state index in [1.54, 1.807) is 12.3 Å². The summed E-state index contributed by atoms with van der Waals surface area (Å²) in [6.07, 6.45) is 8.03. The molecule has 15 nitrogen and oxygen atoms in total. The largest absolute Gasteiger partial charge is 0.371 e. The SMILES string of the molecule is C=C1CCC(N2C(=O)c3ccc(N4CCC(C5CN(c6ccc(Nc7nc(N8CCC[C@@H](N9CCCC9=O)C8)cnc7C(N)=O)cc6)C5)CC4)cc3C2=O)C(=O)N1. The lowest BCUT2D eigenvalue weighted by atomic mass is 9.79. The number of allylic oxidation sites excluding steroid dienone is 1. The molecule has 6 aliphatic rings. The van der Waals surface area contributed by atoms with Crippen LogP contribution < -0.4 is 31.1 Å². The van der Waals surface area contributed by atoms with Crippen molar-refractivity contribution in [1.82, 2.24) is 25.1 Å². The van der Waals surface area contributed by atoms with Crippen molar-refractivity contribution in [1.29, 1.82) is 0 Å². The molecule has 2 aromatic carbocycles. The normalized spacial score (nSPS) is 23.2. The first-order valence-corrected chi connectivity index (χ1v) is 20.2. The zero-order chi connectivity index (χ0) is 39.4. The number of rotatable bonds is 9. The number of likely N-dealkylation sites (tertiary alicyclic amines) is 1. The molecule has 4 N–H and O–H groups in total. The lowest BCUT2D eigenvalue weighted by molar-refractivity contribution is -0.129. The molecule has 5 fully saturated rings. The molecule has 5 saturated heterocycles. The smallest absolute Gasteiger partial charge is 0.271 e. The van der Waals surface area contributed by atoms with Gasteiger partial charge in [-0.05, 0) is 99.2 Å². The van der Waals surface area contributed by atoms with Crippen LogP contribution in [0.5, 0.6) is 0 Å². The fourth-order valence-electron chi connectivity index (χ4n) is 9.55. The van der Waals surface area contributed by atoms with Gasteiger partial charge in [-0.25, -0.2) is 9.97 Å². The first-order valence-electron chi connectivity index (χ1n) is 20.2. The number of piperidine rings is 3. The highest BCUT2D eigenvalue weighted by Gasteiger charge is 2.44. The highest BCUT2D eigenvalue weighted by molar-refractivity contribution is 6.23. The Morgan fingerprint density at radius 1 is 0.789 bits per heavy atom. The predicted molar refractivity (Wildman–Crippen MR) is 214 cm³/mol. The van der Waals surface area contributed by atoms with Crippen molar-refractivity contribution >= 4 is 58.2 Å². The molecular weight excluding hydrogens is 725 g/mol.